The Bertz CT molecular complexity index is 848. The lowest BCUT2D eigenvalue weighted by molar-refractivity contribution is 0.0957. The van der Waals surface area contributed by atoms with Crippen molar-refractivity contribution in [3.8, 4) is 10.7 Å². The van der Waals surface area contributed by atoms with Crippen molar-refractivity contribution in [3.05, 3.63) is 70.6 Å². The zero-order chi connectivity index (χ0) is 16.9. The Morgan fingerprint density at radius 1 is 1.25 bits per heavy atom. The van der Waals surface area contributed by atoms with E-state index in [1.54, 1.807) is 12.3 Å². The molecule has 1 N–H and O–H groups in total. The number of hydrogen-bond acceptors (Lipinski definition) is 4. The molecule has 0 aliphatic rings. The normalized spacial score (nSPS) is 10.6. The molecule has 0 spiro atoms. The van der Waals surface area contributed by atoms with Crippen molar-refractivity contribution in [2.75, 3.05) is 6.54 Å². The zero-order valence-electron chi connectivity index (χ0n) is 13.1. The van der Waals surface area contributed by atoms with E-state index in [1.165, 1.54) is 23.5 Å². The quantitative estimate of drug-likeness (QED) is 0.771. The summed E-state index contributed by atoms with van der Waals surface area (Å²) in [6.07, 6.45) is 2.28. The Kier molecular flexibility index (Phi) is 4.96. The highest BCUT2D eigenvalue weighted by Crippen LogP contribution is 2.26. The van der Waals surface area contributed by atoms with Crippen molar-refractivity contribution in [2.24, 2.45) is 0 Å². The first kappa shape index (κ1) is 16.3. The van der Waals surface area contributed by atoms with Gasteiger partial charge in [0, 0.05) is 12.7 Å². The standard InChI is InChI=1S/C18H16FN3OS/c1-12-16(24-18(22-12)15-7-2-3-9-20-15)17(23)21-10-8-13-5-4-6-14(19)11-13/h2-7,9,11H,8,10H2,1H3,(H,21,23). The molecule has 1 amide bonds. The van der Waals surface area contributed by atoms with Crippen LogP contribution in [-0.2, 0) is 6.42 Å². The largest absolute Gasteiger partial charge is 0.351 e. The fraction of sp³-hybridized carbons (Fsp3) is 0.167. The molecule has 1 aromatic carbocycles. The number of hydrogen-bond donors (Lipinski definition) is 1. The number of halogens is 1. The summed E-state index contributed by atoms with van der Waals surface area (Å²) >= 11 is 1.32. The first-order valence-electron chi connectivity index (χ1n) is 7.55. The van der Waals surface area contributed by atoms with Crippen LogP contribution in [0, 0.1) is 12.7 Å². The summed E-state index contributed by atoms with van der Waals surface area (Å²) in [4.78, 5) is 21.6. The average molecular weight is 341 g/mol. The number of aryl methyl sites for hydroxylation is 1. The Hall–Kier alpha value is -2.60. The molecule has 2 heterocycles. The number of thiazole rings is 1. The highest BCUT2D eigenvalue weighted by Gasteiger charge is 2.16. The molecular weight excluding hydrogens is 325 g/mol. The van der Waals surface area contributed by atoms with Gasteiger partial charge in [0.15, 0.2) is 0 Å². The first-order chi connectivity index (χ1) is 11.6. The SMILES string of the molecule is Cc1nc(-c2ccccn2)sc1C(=O)NCCc1cccc(F)c1. The summed E-state index contributed by atoms with van der Waals surface area (Å²) in [6, 6.07) is 12.0. The van der Waals surface area contributed by atoms with Crippen LogP contribution in [0.4, 0.5) is 4.39 Å². The molecule has 0 radical (unpaired) electrons. The Balaban J connectivity index is 1.64. The van der Waals surface area contributed by atoms with Crippen LogP contribution in [0.1, 0.15) is 20.9 Å². The summed E-state index contributed by atoms with van der Waals surface area (Å²) in [7, 11) is 0. The van der Waals surface area contributed by atoms with Crippen LogP contribution in [0.5, 0.6) is 0 Å². The molecule has 24 heavy (non-hydrogen) atoms. The van der Waals surface area contributed by atoms with Gasteiger partial charge in [0.25, 0.3) is 5.91 Å². The summed E-state index contributed by atoms with van der Waals surface area (Å²) < 4.78 is 13.1. The third-order valence-electron chi connectivity index (χ3n) is 3.48. The first-order valence-corrected chi connectivity index (χ1v) is 8.36. The lowest BCUT2D eigenvalue weighted by atomic mass is 10.1. The number of pyridine rings is 1. The number of carbonyl (C=O) groups is 1. The molecule has 4 nitrogen and oxygen atoms in total. The van der Waals surface area contributed by atoms with Gasteiger partial charge in [-0.2, -0.15) is 0 Å². The lowest BCUT2D eigenvalue weighted by Crippen LogP contribution is -2.25. The van der Waals surface area contributed by atoms with Crippen LogP contribution in [0.15, 0.2) is 48.7 Å². The lowest BCUT2D eigenvalue weighted by Gasteiger charge is -2.04. The van der Waals surface area contributed by atoms with Gasteiger partial charge in [-0.25, -0.2) is 9.37 Å². The van der Waals surface area contributed by atoms with E-state index in [0.29, 0.717) is 23.5 Å². The van der Waals surface area contributed by atoms with Gasteiger partial charge in [-0.05, 0) is 43.2 Å². The van der Waals surface area contributed by atoms with E-state index in [9.17, 15) is 9.18 Å². The van der Waals surface area contributed by atoms with Crippen molar-refractivity contribution in [3.63, 3.8) is 0 Å². The van der Waals surface area contributed by atoms with Gasteiger partial charge in [0.2, 0.25) is 0 Å². The van der Waals surface area contributed by atoms with Crippen molar-refractivity contribution in [1.82, 2.24) is 15.3 Å². The number of amides is 1. The number of carbonyl (C=O) groups excluding carboxylic acids is 1. The minimum absolute atomic E-state index is 0.163. The number of nitrogens with zero attached hydrogens (tertiary/aromatic N) is 2. The Labute approximate surface area is 143 Å². The molecule has 3 aromatic rings. The Morgan fingerprint density at radius 3 is 2.88 bits per heavy atom. The van der Waals surface area contributed by atoms with Crippen molar-refractivity contribution in [1.29, 1.82) is 0 Å². The van der Waals surface area contributed by atoms with Gasteiger partial charge in [0.05, 0.1) is 11.4 Å². The van der Waals surface area contributed by atoms with Gasteiger partial charge >= 0.3 is 0 Å². The van der Waals surface area contributed by atoms with Crippen LogP contribution in [0.3, 0.4) is 0 Å². The molecule has 0 fully saturated rings. The monoisotopic (exact) mass is 341 g/mol. The molecule has 0 saturated carbocycles. The van der Waals surface area contributed by atoms with E-state index in [0.717, 1.165) is 16.3 Å². The molecule has 3 rings (SSSR count). The van der Waals surface area contributed by atoms with Gasteiger partial charge in [-0.1, -0.05) is 18.2 Å². The second kappa shape index (κ2) is 7.31. The molecule has 122 valence electrons. The zero-order valence-corrected chi connectivity index (χ0v) is 13.9. The average Bonchev–Trinajstić information content (AvgIpc) is 2.98. The number of rotatable bonds is 5. The van der Waals surface area contributed by atoms with Crippen LogP contribution >= 0.6 is 11.3 Å². The molecule has 0 unspecified atom stereocenters. The third kappa shape index (κ3) is 3.83. The van der Waals surface area contributed by atoms with E-state index >= 15 is 0 Å². The third-order valence-corrected chi connectivity index (χ3v) is 4.65. The molecule has 0 aliphatic heterocycles. The van der Waals surface area contributed by atoms with Gasteiger partial charge in [-0.15, -0.1) is 11.3 Å². The highest BCUT2D eigenvalue weighted by atomic mass is 32.1. The fourth-order valence-corrected chi connectivity index (χ4v) is 3.26. The number of nitrogens with one attached hydrogen (secondary N) is 1. The fourth-order valence-electron chi connectivity index (χ4n) is 2.30. The summed E-state index contributed by atoms with van der Waals surface area (Å²) in [6.45, 7) is 2.25. The number of benzene rings is 1. The van der Waals surface area contributed by atoms with Crippen LogP contribution in [0.2, 0.25) is 0 Å². The highest BCUT2D eigenvalue weighted by molar-refractivity contribution is 7.17. The van der Waals surface area contributed by atoms with Crippen molar-refractivity contribution in [2.45, 2.75) is 13.3 Å². The van der Waals surface area contributed by atoms with Crippen LogP contribution in [-0.4, -0.2) is 22.4 Å². The maximum atomic E-state index is 13.1. The Morgan fingerprint density at radius 2 is 2.12 bits per heavy atom. The van der Waals surface area contributed by atoms with Crippen molar-refractivity contribution < 1.29 is 9.18 Å². The minimum Gasteiger partial charge on any atom is -0.351 e. The molecular formula is C18H16FN3OS. The molecule has 2 aromatic heterocycles. The maximum Gasteiger partial charge on any atom is 0.263 e. The van der Waals surface area contributed by atoms with Crippen molar-refractivity contribution >= 4 is 17.2 Å². The van der Waals surface area contributed by atoms with E-state index < -0.39 is 0 Å². The smallest absolute Gasteiger partial charge is 0.263 e. The molecule has 0 bridgehead atoms. The molecule has 0 atom stereocenters. The van der Waals surface area contributed by atoms with Gasteiger partial charge in [0.1, 0.15) is 15.7 Å². The van der Waals surface area contributed by atoms with E-state index in [-0.39, 0.29) is 11.7 Å². The van der Waals surface area contributed by atoms with E-state index in [2.05, 4.69) is 15.3 Å². The number of aromatic nitrogens is 2. The molecule has 0 aliphatic carbocycles. The van der Waals surface area contributed by atoms with E-state index in [1.807, 2.05) is 31.2 Å². The second-order valence-corrected chi connectivity index (χ2v) is 6.28. The van der Waals surface area contributed by atoms with Gasteiger partial charge in [-0.3, -0.25) is 9.78 Å². The predicted molar refractivity (Wildman–Crippen MR) is 92.5 cm³/mol. The van der Waals surface area contributed by atoms with Gasteiger partial charge < -0.3 is 5.32 Å². The summed E-state index contributed by atoms with van der Waals surface area (Å²) in [5, 5.41) is 3.59. The molecule has 0 saturated heterocycles. The van der Waals surface area contributed by atoms with E-state index in [4.69, 9.17) is 0 Å². The topological polar surface area (TPSA) is 54.9 Å². The minimum atomic E-state index is -0.267. The second-order valence-electron chi connectivity index (χ2n) is 5.28. The summed E-state index contributed by atoms with van der Waals surface area (Å²) in [5.74, 6) is -0.430. The predicted octanol–water partition coefficient (Wildman–Crippen LogP) is 3.63. The summed E-state index contributed by atoms with van der Waals surface area (Å²) in [5.41, 5.74) is 2.29. The van der Waals surface area contributed by atoms with Crippen LogP contribution in [0.25, 0.3) is 10.7 Å². The van der Waals surface area contributed by atoms with Crippen LogP contribution < -0.4 is 5.32 Å². The maximum absolute atomic E-state index is 13.1. The molecule has 6 heteroatoms.